The summed E-state index contributed by atoms with van der Waals surface area (Å²) in [5, 5.41) is 9.31. The van der Waals surface area contributed by atoms with E-state index in [0.29, 0.717) is 12.2 Å². The highest BCUT2D eigenvalue weighted by molar-refractivity contribution is 5.90. The molecule has 0 radical (unpaired) electrons. The first kappa shape index (κ1) is 43.4. The molecule has 5 unspecified atom stereocenters. The summed E-state index contributed by atoms with van der Waals surface area (Å²) < 4.78 is 21.9. The minimum atomic E-state index is -1.42. The second-order valence-corrected chi connectivity index (χ2v) is 14.5. The lowest BCUT2D eigenvalue weighted by atomic mass is 9.92. The number of aliphatic carboxylic acids is 1. The summed E-state index contributed by atoms with van der Waals surface area (Å²) in [5.41, 5.74) is 1.03. The molecule has 0 heterocycles. The second-order valence-electron chi connectivity index (χ2n) is 14.5. The van der Waals surface area contributed by atoms with Gasteiger partial charge in [-0.1, -0.05) is 58.9 Å². The Morgan fingerprint density at radius 2 is 1.33 bits per heavy atom. The molecule has 0 aliphatic carbocycles. The maximum absolute atomic E-state index is 14.2. The number of rotatable bonds is 19. The van der Waals surface area contributed by atoms with Gasteiger partial charge in [-0.25, -0.2) is 19.2 Å². The van der Waals surface area contributed by atoms with Gasteiger partial charge in [-0.05, 0) is 82.3 Å². The molecule has 5 atom stereocenters. The second kappa shape index (κ2) is 20.1. The number of hydrogen-bond acceptors (Lipinski definition) is 9. The number of carbonyl (C=O) groups is 5. The number of hydrogen-bond donors (Lipinski definition) is 1. The maximum atomic E-state index is 14.2. The van der Waals surface area contributed by atoms with Crippen molar-refractivity contribution < 1.29 is 48.0 Å². The third-order valence-electron chi connectivity index (χ3n) is 8.11. The van der Waals surface area contributed by atoms with Crippen LogP contribution in [0.25, 0.3) is 0 Å². The van der Waals surface area contributed by atoms with Gasteiger partial charge in [0.1, 0.15) is 17.7 Å². The quantitative estimate of drug-likeness (QED) is 0.138. The van der Waals surface area contributed by atoms with Gasteiger partial charge in [0.05, 0.1) is 0 Å². The van der Waals surface area contributed by atoms with Crippen LogP contribution in [-0.4, -0.2) is 103 Å². The standard InChI is InChI=1S/C37H60N2O10/c1-13-27(18-19-46-12)28-16-14-26(15-17-28)22-31(32(40)38(10)29(20-23(2)3)34(43)47-25(6)33(41)42)48-35(44)30(21-24(4)5)39(11)36(45)49-37(7,8)9/h14-17,23-25,27,29-31H,13,18-22H2,1-12H3,(H,41,42). The topological polar surface area (TPSA) is 149 Å². The van der Waals surface area contributed by atoms with E-state index in [1.165, 1.54) is 25.9 Å². The summed E-state index contributed by atoms with van der Waals surface area (Å²) in [4.78, 5) is 68.1. The zero-order valence-electron chi connectivity index (χ0n) is 31.6. The highest BCUT2D eigenvalue weighted by atomic mass is 16.6. The van der Waals surface area contributed by atoms with Gasteiger partial charge in [-0.2, -0.15) is 0 Å². The molecule has 0 spiro atoms. The van der Waals surface area contributed by atoms with E-state index in [1.54, 1.807) is 27.9 Å². The lowest BCUT2D eigenvalue weighted by molar-refractivity contribution is -0.172. The van der Waals surface area contributed by atoms with Crippen LogP contribution >= 0.6 is 0 Å². The molecule has 2 amide bonds. The Morgan fingerprint density at radius 3 is 1.78 bits per heavy atom. The van der Waals surface area contributed by atoms with E-state index in [1.807, 2.05) is 52.0 Å². The van der Waals surface area contributed by atoms with E-state index in [9.17, 15) is 29.1 Å². The molecule has 12 nitrogen and oxygen atoms in total. The SMILES string of the molecule is CCC(CCOC)c1ccc(CC(OC(=O)C(CC(C)C)N(C)C(=O)OC(C)(C)C)C(=O)N(C)C(CC(C)C)C(=O)OC(C)C(=O)O)cc1. The Bertz CT molecular complexity index is 1220. The fourth-order valence-corrected chi connectivity index (χ4v) is 5.27. The van der Waals surface area contributed by atoms with Crippen molar-refractivity contribution in [1.29, 1.82) is 0 Å². The summed E-state index contributed by atoms with van der Waals surface area (Å²) in [5.74, 6) is -3.46. The molecule has 0 bridgehead atoms. The molecule has 0 aromatic heterocycles. The number of nitrogens with zero attached hydrogens (tertiary/aromatic N) is 2. The van der Waals surface area contributed by atoms with Gasteiger partial charge in [-0.15, -0.1) is 0 Å². The van der Waals surface area contributed by atoms with Crippen LogP contribution in [0.5, 0.6) is 0 Å². The molecule has 1 aromatic rings. The third kappa shape index (κ3) is 14.8. The number of benzene rings is 1. The van der Waals surface area contributed by atoms with Crippen LogP contribution in [0.2, 0.25) is 0 Å². The van der Waals surface area contributed by atoms with E-state index < -0.39 is 59.8 Å². The number of likely N-dealkylation sites (N-methyl/N-ethyl adjacent to an activating group) is 2. The van der Waals surface area contributed by atoms with Gasteiger partial charge < -0.3 is 29.0 Å². The van der Waals surface area contributed by atoms with Crippen molar-refractivity contribution in [2.45, 2.75) is 130 Å². The normalized spacial score (nSPS) is 14.7. The van der Waals surface area contributed by atoms with Crippen LogP contribution in [0.1, 0.15) is 105 Å². The Balaban J connectivity index is 3.56. The van der Waals surface area contributed by atoms with E-state index >= 15 is 0 Å². The first-order valence-corrected chi connectivity index (χ1v) is 17.2. The number of carbonyl (C=O) groups excluding carboxylic acids is 4. The predicted octanol–water partition coefficient (Wildman–Crippen LogP) is 5.84. The van der Waals surface area contributed by atoms with Gasteiger partial charge in [-0.3, -0.25) is 9.69 Å². The van der Waals surface area contributed by atoms with Crippen LogP contribution < -0.4 is 0 Å². The van der Waals surface area contributed by atoms with Crippen molar-refractivity contribution in [3.8, 4) is 0 Å². The molecule has 0 aliphatic rings. The third-order valence-corrected chi connectivity index (χ3v) is 8.11. The summed E-state index contributed by atoms with van der Waals surface area (Å²) in [7, 11) is 4.53. The summed E-state index contributed by atoms with van der Waals surface area (Å²) in [6, 6.07) is 5.53. The van der Waals surface area contributed by atoms with Crippen molar-refractivity contribution in [2.75, 3.05) is 27.8 Å². The van der Waals surface area contributed by atoms with E-state index in [-0.39, 0.29) is 37.0 Å². The van der Waals surface area contributed by atoms with Gasteiger partial charge in [0.2, 0.25) is 0 Å². The monoisotopic (exact) mass is 692 g/mol. The lowest BCUT2D eigenvalue weighted by Gasteiger charge is -2.33. The Hall–Kier alpha value is -3.67. The number of methoxy groups -OCH3 is 1. The number of carboxylic acid groups (broad SMARTS) is 1. The number of amides is 2. The molecular formula is C37H60N2O10. The largest absolute Gasteiger partial charge is 0.479 e. The predicted molar refractivity (Wildman–Crippen MR) is 186 cm³/mol. The van der Waals surface area contributed by atoms with Gasteiger partial charge in [0.15, 0.2) is 12.2 Å². The van der Waals surface area contributed by atoms with Crippen LogP contribution in [0.4, 0.5) is 4.79 Å². The van der Waals surface area contributed by atoms with Gasteiger partial charge in [0, 0.05) is 34.2 Å². The minimum absolute atomic E-state index is 0.0103. The molecule has 278 valence electrons. The van der Waals surface area contributed by atoms with Crippen LogP contribution in [0, 0.1) is 11.8 Å². The zero-order chi connectivity index (χ0) is 37.6. The smallest absolute Gasteiger partial charge is 0.410 e. The van der Waals surface area contributed by atoms with Crippen molar-refractivity contribution >= 4 is 29.9 Å². The van der Waals surface area contributed by atoms with Gasteiger partial charge >= 0.3 is 24.0 Å². The Labute approximate surface area is 292 Å². The Morgan fingerprint density at radius 1 is 0.816 bits per heavy atom. The molecular weight excluding hydrogens is 632 g/mol. The van der Waals surface area contributed by atoms with Crippen molar-refractivity contribution in [1.82, 2.24) is 9.80 Å². The fourth-order valence-electron chi connectivity index (χ4n) is 5.27. The molecule has 1 N–H and O–H groups in total. The summed E-state index contributed by atoms with van der Waals surface area (Å²) in [6.07, 6.45) is -1.32. The minimum Gasteiger partial charge on any atom is -0.479 e. The van der Waals surface area contributed by atoms with E-state index in [2.05, 4.69) is 6.92 Å². The highest BCUT2D eigenvalue weighted by Crippen LogP contribution is 2.25. The average Bonchev–Trinajstić information content (AvgIpc) is 3.00. The molecule has 0 saturated heterocycles. The summed E-state index contributed by atoms with van der Waals surface area (Å²) in [6.45, 7) is 16.7. The zero-order valence-corrected chi connectivity index (χ0v) is 31.6. The first-order valence-electron chi connectivity index (χ1n) is 17.2. The van der Waals surface area contributed by atoms with Crippen LogP contribution in [0.3, 0.4) is 0 Å². The Kier molecular flexibility index (Phi) is 17.8. The van der Waals surface area contributed by atoms with Crippen LogP contribution in [0.15, 0.2) is 24.3 Å². The van der Waals surface area contributed by atoms with Crippen molar-refractivity contribution in [3.05, 3.63) is 35.4 Å². The van der Waals surface area contributed by atoms with Crippen molar-refractivity contribution in [3.63, 3.8) is 0 Å². The van der Waals surface area contributed by atoms with Gasteiger partial charge in [0.25, 0.3) is 5.91 Å². The number of ether oxygens (including phenoxy) is 4. The number of esters is 2. The first-order chi connectivity index (χ1) is 22.7. The molecule has 1 rings (SSSR count). The molecule has 12 heteroatoms. The number of carboxylic acids is 1. The maximum Gasteiger partial charge on any atom is 0.410 e. The fraction of sp³-hybridized carbons (Fsp3) is 0.703. The molecule has 1 aromatic carbocycles. The molecule has 0 saturated carbocycles. The van der Waals surface area contributed by atoms with E-state index in [4.69, 9.17) is 18.9 Å². The summed E-state index contributed by atoms with van der Waals surface area (Å²) >= 11 is 0. The molecule has 0 aliphatic heterocycles. The highest BCUT2D eigenvalue weighted by Gasteiger charge is 2.39. The molecule has 0 fully saturated rings. The van der Waals surface area contributed by atoms with Crippen molar-refractivity contribution in [2.24, 2.45) is 11.8 Å². The van der Waals surface area contributed by atoms with E-state index in [0.717, 1.165) is 23.3 Å². The lowest BCUT2D eigenvalue weighted by Crippen LogP contribution is -2.52. The molecule has 49 heavy (non-hydrogen) atoms. The van der Waals surface area contributed by atoms with Crippen LogP contribution in [-0.2, 0) is 44.5 Å². The average molecular weight is 693 g/mol.